The second-order valence-electron chi connectivity index (χ2n) is 4.34. The molecule has 1 aromatic carbocycles. The van der Waals surface area contributed by atoms with E-state index in [0.717, 1.165) is 0 Å². The Balaban J connectivity index is 2.09. The van der Waals surface area contributed by atoms with E-state index >= 15 is 0 Å². The minimum absolute atomic E-state index is 0.0166. The highest BCUT2D eigenvalue weighted by molar-refractivity contribution is 7.12. The minimum atomic E-state index is -0.468. The summed E-state index contributed by atoms with van der Waals surface area (Å²) in [6.45, 7) is 0. The van der Waals surface area contributed by atoms with E-state index in [0.29, 0.717) is 27.1 Å². The highest BCUT2D eigenvalue weighted by atomic mass is 32.1. The molecule has 0 unspecified atom stereocenters. The molecule has 0 saturated carbocycles. The number of H-pyrrole nitrogens is 1. The van der Waals surface area contributed by atoms with Crippen LogP contribution in [0.15, 0.2) is 35.8 Å². The fourth-order valence-corrected chi connectivity index (χ4v) is 2.97. The summed E-state index contributed by atoms with van der Waals surface area (Å²) in [5.41, 5.74) is 1.01. The van der Waals surface area contributed by atoms with Crippen molar-refractivity contribution >= 4 is 33.7 Å². The first-order chi connectivity index (χ1) is 10.1. The summed E-state index contributed by atoms with van der Waals surface area (Å²) in [5, 5.41) is 13.2. The molecule has 0 aliphatic rings. The molecule has 0 radical (unpaired) electrons. The van der Waals surface area contributed by atoms with Gasteiger partial charge in [-0.3, -0.25) is 14.9 Å². The highest BCUT2D eigenvalue weighted by Crippen LogP contribution is 2.30. The highest BCUT2D eigenvalue weighted by Gasteiger charge is 2.20. The van der Waals surface area contributed by atoms with Gasteiger partial charge in [-0.05, 0) is 17.5 Å². The van der Waals surface area contributed by atoms with Crippen molar-refractivity contribution in [1.82, 2.24) is 4.98 Å². The lowest BCUT2D eigenvalue weighted by molar-refractivity contribution is -0.384. The summed E-state index contributed by atoms with van der Waals surface area (Å²) in [7, 11) is 1.51. The van der Waals surface area contributed by atoms with Gasteiger partial charge in [0.15, 0.2) is 0 Å². The number of non-ortho nitro benzene ring substituents is 1. The van der Waals surface area contributed by atoms with Crippen molar-refractivity contribution in [2.75, 3.05) is 7.11 Å². The maximum atomic E-state index is 12.6. The summed E-state index contributed by atoms with van der Waals surface area (Å²) >= 11 is 1.30. The normalized spacial score (nSPS) is 10.7. The van der Waals surface area contributed by atoms with Crippen LogP contribution in [0, 0.1) is 10.1 Å². The molecule has 106 valence electrons. The Morgan fingerprint density at radius 3 is 2.90 bits per heavy atom. The van der Waals surface area contributed by atoms with Gasteiger partial charge >= 0.3 is 0 Å². The molecule has 0 atom stereocenters. The van der Waals surface area contributed by atoms with Crippen LogP contribution in [0.1, 0.15) is 15.2 Å². The van der Waals surface area contributed by atoms with Crippen molar-refractivity contribution < 1.29 is 14.5 Å². The molecule has 2 aromatic heterocycles. The van der Waals surface area contributed by atoms with E-state index in [9.17, 15) is 14.9 Å². The summed E-state index contributed by atoms with van der Waals surface area (Å²) in [5.74, 6) is 0.364. The van der Waals surface area contributed by atoms with Crippen molar-refractivity contribution in [1.29, 1.82) is 0 Å². The first kappa shape index (κ1) is 13.3. The molecule has 21 heavy (non-hydrogen) atoms. The van der Waals surface area contributed by atoms with Crippen molar-refractivity contribution in [3.63, 3.8) is 0 Å². The van der Waals surface area contributed by atoms with Crippen LogP contribution in [-0.4, -0.2) is 22.8 Å². The summed E-state index contributed by atoms with van der Waals surface area (Å²) in [4.78, 5) is 26.3. The van der Waals surface area contributed by atoms with Crippen LogP contribution in [-0.2, 0) is 0 Å². The first-order valence-corrected chi connectivity index (χ1v) is 6.91. The number of aromatic nitrogens is 1. The number of hydrogen-bond donors (Lipinski definition) is 1. The number of thiophene rings is 1. The molecule has 3 aromatic rings. The number of carbonyl (C=O) groups is 1. The lowest BCUT2D eigenvalue weighted by atomic mass is 10.1. The Labute approximate surface area is 123 Å². The Morgan fingerprint density at radius 1 is 1.38 bits per heavy atom. The van der Waals surface area contributed by atoms with Crippen molar-refractivity contribution in [2.24, 2.45) is 0 Å². The van der Waals surface area contributed by atoms with E-state index < -0.39 is 4.92 Å². The molecular weight excluding hydrogens is 292 g/mol. The number of nitro benzene ring substituents is 1. The standard InChI is InChI=1S/C14H10N2O4S/c1-20-12-4-5-21-14(12)13(17)10-7-15-11-6-8(16(18)19)2-3-9(10)11/h2-7,15H,1H3. The maximum Gasteiger partial charge on any atom is 0.271 e. The Morgan fingerprint density at radius 2 is 2.19 bits per heavy atom. The molecule has 0 aliphatic heterocycles. The Bertz CT molecular complexity index is 850. The predicted molar refractivity (Wildman–Crippen MR) is 79.3 cm³/mol. The fraction of sp³-hybridized carbons (Fsp3) is 0.0714. The molecule has 3 rings (SSSR count). The van der Waals surface area contributed by atoms with Gasteiger partial charge < -0.3 is 9.72 Å². The number of ether oxygens (including phenoxy) is 1. The van der Waals surface area contributed by atoms with Crippen LogP contribution in [0.5, 0.6) is 5.75 Å². The minimum Gasteiger partial charge on any atom is -0.495 e. The number of hydrogen-bond acceptors (Lipinski definition) is 5. The second-order valence-corrected chi connectivity index (χ2v) is 5.25. The largest absolute Gasteiger partial charge is 0.495 e. The van der Waals surface area contributed by atoms with E-state index in [-0.39, 0.29) is 11.5 Å². The lowest BCUT2D eigenvalue weighted by Crippen LogP contribution is -1.99. The number of nitrogens with zero attached hydrogens (tertiary/aromatic N) is 1. The number of rotatable bonds is 4. The van der Waals surface area contributed by atoms with E-state index in [1.165, 1.54) is 30.6 Å². The van der Waals surface area contributed by atoms with Crippen LogP contribution in [0.2, 0.25) is 0 Å². The van der Waals surface area contributed by atoms with Gasteiger partial charge in [0, 0.05) is 29.3 Å². The molecule has 0 bridgehead atoms. The molecule has 0 spiro atoms. The monoisotopic (exact) mass is 302 g/mol. The third-order valence-corrected chi connectivity index (χ3v) is 4.07. The van der Waals surface area contributed by atoms with Gasteiger partial charge in [-0.15, -0.1) is 11.3 Å². The lowest BCUT2D eigenvalue weighted by Gasteiger charge is -2.01. The van der Waals surface area contributed by atoms with Gasteiger partial charge in [0.05, 0.1) is 17.5 Å². The predicted octanol–water partition coefficient (Wildman–Crippen LogP) is 3.38. The quantitative estimate of drug-likeness (QED) is 0.455. The number of nitro groups is 1. The molecule has 1 N–H and O–H groups in total. The molecule has 0 fully saturated rings. The van der Waals surface area contributed by atoms with E-state index in [1.807, 2.05) is 0 Å². The molecule has 6 nitrogen and oxygen atoms in total. The number of benzene rings is 1. The van der Waals surface area contributed by atoms with Crippen LogP contribution in [0.3, 0.4) is 0 Å². The summed E-state index contributed by atoms with van der Waals surface area (Å²) in [6.07, 6.45) is 1.57. The van der Waals surface area contributed by atoms with Crippen LogP contribution in [0.25, 0.3) is 10.9 Å². The first-order valence-electron chi connectivity index (χ1n) is 6.03. The zero-order valence-electron chi connectivity index (χ0n) is 11.0. The van der Waals surface area contributed by atoms with E-state index in [1.54, 1.807) is 23.7 Å². The average molecular weight is 302 g/mol. The molecule has 2 heterocycles. The fourth-order valence-electron chi connectivity index (χ4n) is 2.16. The van der Waals surface area contributed by atoms with Crippen LogP contribution in [0.4, 0.5) is 5.69 Å². The van der Waals surface area contributed by atoms with Crippen LogP contribution >= 0.6 is 11.3 Å². The zero-order valence-corrected chi connectivity index (χ0v) is 11.8. The number of nitrogens with one attached hydrogen (secondary N) is 1. The van der Waals surface area contributed by atoms with Crippen molar-refractivity contribution in [3.8, 4) is 5.75 Å². The SMILES string of the molecule is COc1ccsc1C(=O)c1c[nH]c2cc([N+](=O)[O-])ccc12. The van der Waals surface area contributed by atoms with Gasteiger partial charge in [-0.1, -0.05) is 0 Å². The smallest absolute Gasteiger partial charge is 0.271 e. The van der Waals surface area contributed by atoms with Crippen molar-refractivity contribution in [2.45, 2.75) is 0 Å². The topological polar surface area (TPSA) is 85.2 Å². The van der Waals surface area contributed by atoms with Gasteiger partial charge in [0.25, 0.3) is 5.69 Å². The van der Waals surface area contributed by atoms with E-state index in [4.69, 9.17) is 4.74 Å². The average Bonchev–Trinajstić information content (AvgIpc) is 3.12. The number of ketones is 1. The number of fused-ring (bicyclic) bond motifs is 1. The molecule has 7 heteroatoms. The van der Waals surface area contributed by atoms with Gasteiger partial charge in [0.2, 0.25) is 5.78 Å². The number of carbonyl (C=O) groups excluding carboxylic acids is 1. The number of methoxy groups -OCH3 is 1. The summed E-state index contributed by atoms with van der Waals surface area (Å²) < 4.78 is 5.16. The third kappa shape index (κ3) is 2.17. The molecular formula is C14H10N2O4S. The summed E-state index contributed by atoms with van der Waals surface area (Å²) in [6, 6.07) is 6.12. The maximum absolute atomic E-state index is 12.6. The van der Waals surface area contributed by atoms with Gasteiger partial charge in [-0.2, -0.15) is 0 Å². The zero-order chi connectivity index (χ0) is 15.0. The van der Waals surface area contributed by atoms with E-state index in [2.05, 4.69) is 4.98 Å². The Hall–Kier alpha value is -2.67. The second kappa shape index (κ2) is 5.02. The third-order valence-electron chi connectivity index (χ3n) is 3.18. The van der Waals surface area contributed by atoms with Gasteiger partial charge in [-0.25, -0.2) is 0 Å². The molecule has 0 saturated heterocycles. The van der Waals surface area contributed by atoms with Gasteiger partial charge in [0.1, 0.15) is 10.6 Å². The Kier molecular flexibility index (Phi) is 3.19. The number of aromatic amines is 1. The van der Waals surface area contributed by atoms with Crippen LogP contribution < -0.4 is 4.74 Å². The molecule has 0 amide bonds. The molecule has 0 aliphatic carbocycles. The van der Waals surface area contributed by atoms with Crippen molar-refractivity contribution in [3.05, 3.63) is 56.4 Å².